The first kappa shape index (κ1) is 20.7. The second-order valence-electron chi connectivity index (χ2n) is 11.7. The highest BCUT2D eigenvalue weighted by molar-refractivity contribution is 5.95. The third-order valence-electron chi connectivity index (χ3n) is 8.90. The summed E-state index contributed by atoms with van der Waals surface area (Å²) in [6.45, 7) is 10.4. The van der Waals surface area contributed by atoms with Crippen LogP contribution in [0.3, 0.4) is 0 Å². The van der Waals surface area contributed by atoms with Crippen LogP contribution in [0, 0.1) is 39.9 Å². The van der Waals surface area contributed by atoms with E-state index in [2.05, 4.69) is 25.2 Å². The third-order valence-corrected chi connectivity index (χ3v) is 8.90. The lowest BCUT2D eigenvalue weighted by Crippen LogP contribution is -2.51. The molecule has 4 aliphatic carbocycles. The summed E-state index contributed by atoms with van der Waals surface area (Å²) in [7, 11) is 0. The molecule has 1 amide bonds. The molecule has 3 unspecified atom stereocenters. The molecular weight excluding hydrogens is 362 g/mol. The van der Waals surface area contributed by atoms with E-state index in [4.69, 9.17) is 0 Å². The Morgan fingerprint density at radius 2 is 1.79 bits per heavy atom. The van der Waals surface area contributed by atoms with Gasteiger partial charge < -0.3 is 10.4 Å². The van der Waals surface area contributed by atoms with Crippen LogP contribution in [0.5, 0.6) is 0 Å². The van der Waals surface area contributed by atoms with E-state index in [1.165, 1.54) is 38.5 Å². The fraction of sp³-hybridized carbons (Fsp3) is 0.760. The minimum Gasteiger partial charge on any atom is -0.478 e. The summed E-state index contributed by atoms with van der Waals surface area (Å²) in [5, 5.41) is 12.8. The van der Waals surface area contributed by atoms with Gasteiger partial charge in [-0.3, -0.25) is 4.79 Å². The van der Waals surface area contributed by atoms with Crippen LogP contribution in [-0.4, -0.2) is 17.0 Å². The van der Waals surface area contributed by atoms with Gasteiger partial charge in [-0.15, -0.1) is 0 Å². The van der Waals surface area contributed by atoms with Crippen molar-refractivity contribution in [1.29, 1.82) is 0 Å². The fourth-order valence-corrected chi connectivity index (χ4v) is 7.17. The van der Waals surface area contributed by atoms with Gasteiger partial charge >= 0.3 is 5.97 Å². The molecule has 0 aromatic heterocycles. The van der Waals surface area contributed by atoms with Gasteiger partial charge in [0.25, 0.3) is 0 Å². The first-order valence-corrected chi connectivity index (χ1v) is 11.5. The number of carboxylic acids is 1. The number of fused-ring (bicyclic) bond motifs is 5. The minimum atomic E-state index is -0.943. The minimum absolute atomic E-state index is 0.0771. The monoisotopic (exact) mass is 399 g/mol. The van der Waals surface area contributed by atoms with Crippen molar-refractivity contribution in [3.8, 4) is 0 Å². The van der Waals surface area contributed by atoms with Gasteiger partial charge in [-0.05, 0) is 73.0 Å². The molecule has 4 rings (SSSR count). The summed E-state index contributed by atoms with van der Waals surface area (Å²) in [6.07, 6.45) is 12.9. The highest BCUT2D eigenvalue weighted by Crippen LogP contribution is 2.65. The maximum absolute atomic E-state index is 12.7. The highest BCUT2D eigenvalue weighted by atomic mass is 16.4. The van der Waals surface area contributed by atoms with Crippen LogP contribution in [0.4, 0.5) is 0 Å². The molecule has 4 aliphatic rings. The van der Waals surface area contributed by atoms with Gasteiger partial charge in [-0.2, -0.15) is 0 Å². The SMILES string of the molecule is CC(C)(C)C(=O)NC1=C[C@]2(C)C3CC[C@]4(C)CCCC4C3CC[C@H]2C=C1C(=O)O. The van der Waals surface area contributed by atoms with Crippen LogP contribution in [0.15, 0.2) is 23.4 Å². The molecule has 2 N–H and O–H groups in total. The van der Waals surface area contributed by atoms with Gasteiger partial charge in [-0.1, -0.05) is 53.2 Å². The topological polar surface area (TPSA) is 66.4 Å². The van der Waals surface area contributed by atoms with Crippen LogP contribution in [0.2, 0.25) is 0 Å². The predicted molar refractivity (Wildman–Crippen MR) is 114 cm³/mol. The van der Waals surface area contributed by atoms with E-state index in [9.17, 15) is 14.7 Å². The number of hydrogen-bond acceptors (Lipinski definition) is 2. The zero-order chi connectivity index (χ0) is 21.2. The Morgan fingerprint density at radius 3 is 2.45 bits per heavy atom. The van der Waals surface area contributed by atoms with Crippen molar-refractivity contribution in [3.63, 3.8) is 0 Å². The lowest BCUT2D eigenvalue weighted by Gasteiger charge is -2.58. The van der Waals surface area contributed by atoms with E-state index in [-0.39, 0.29) is 22.8 Å². The van der Waals surface area contributed by atoms with Crippen LogP contribution in [0.25, 0.3) is 0 Å². The number of allylic oxidation sites excluding steroid dienone is 2. The van der Waals surface area contributed by atoms with Crippen molar-refractivity contribution in [2.75, 3.05) is 0 Å². The van der Waals surface area contributed by atoms with Gasteiger partial charge in [0.1, 0.15) is 0 Å². The summed E-state index contributed by atoms with van der Waals surface area (Å²) in [5.74, 6) is 1.29. The number of carbonyl (C=O) groups is 2. The Kier molecular flexibility index (Phi) is 4.79. The highest BCUT2D eigenvalue weighted by Gasteiger charge is 2.57. The number of rotatable bonds is 2. The molecule has 0 aliphatic heterocycles. The van der Waals surface area contributed by atoms with E-state index < -0.39 is 11.4 Å². The van der Waals surface area contributed by atoms with E-state index in [0.29, 0.717) is 17.0 Å². The molecule has 3 saturated carbocycles. The summed E-state index contributed by atoms with van der Waals surface area (Å²) in [6, 6.07) is 0. The molecule has 29 heavy (non-hydrogen) atoms. The zero-order valence-corrected chi connectivity index (χ0v) is 18.7. The summed E-state index contributed by atoms with van der Waals surface area (Å²) >= 11 is 0. The van der Waals surface area contributed by atoms with E-state index in [1.807, 2.05) is 26.8 Å². The molecule has 0 bridgehead atoms. The molecule has 0 spiro atoms. The third kappa shape index (κ3) is 3.27. The average Bonchev–Trinajstić information content (AvgIpc) is 3.01. The van der Waals surface area contributed by atoms with Gasteiger partial charge in [0.05, 0.1) is 11.3 Å². The number of aliphatic carboxylic acids is 1. The van der Waals surface area contributed by atoms with Crippen molar-refractivity contribution in [1.82, 2.24) is 5.32 Å². The van der Waals surface area contributed by atoms with Crippen LogP contribution in [0.1, 0.15) is 79.6 Å². The average molecular weight is 400 g/mol. The number of nitrogens with one attached hydrogen (secondary N) is 1. The number of amides is 1. The lowest BCUT2D eigenvalue weighted by molar-refractivity contribution is -0.132. The molecular formula is C25H37NO3. The number of hydrogen-bond donors (Lipinski definition) is 2. The van der Waals surface area contributed by atoms with Gasteiger partial charge in [0.2, 0.25) is 5.91 Å². The molecule has 3 fully saturated rings. The molecule has 0 aromatic carbocycles. The molecule has 0 heterocycles. The van der Waals surface area contributed by atoms with Crippen molar-refractivity contribution < 1.29 is 14.7 Å². The maximum Gasteiger partial charge on any atom is 0.337 e. The first-order valence-electron chi connectivity index (χ1n) is 11.5. The molecule has 4 heteroatoms. The first-order chi connectivity index (χ1) is 13.5. The largest absolute Gasteiger partial charge is 0.478 e. The van der Waals surface area contributed by atoms with Gasteiger partial charge in [0.15, 0.2) is 0 Å². The Balaban J connectivity index is 1.70. The Bertz CT molecular complexity index is 788. The van der Waals surface area contributed by atoms with Crippen molar-refractivity contribution >= 4 is 11.9 Å². The van der Waals surface area contributed by atoms with E-state index >= 15 is 0 Å². The molecule has 160 valence electrons. The second-order valence-corrected chi connectivity index (χ2v) is 11.7. The smallest absolute Gasteiger partial charge is 0.337 e. The van der Waals surface area contributed by atoms with Gasteiger partial charge in [0, 0.05) is 5.41 Å². The zero-order valence-electron chi connectivity index (χ0n) is 18.7. The summed E-state index contributed by atoms with van der Waals surface area (Å²) < 4.78 is 0. The Labute approximate surface area is 175 Å². The van der Waals surface area contributed by atoms with Crippen LogP contribution in [-0.2, 0) is 9.59 Å². The molecule has 6 atom stereocenters. The maximum atomic E-state index is 12.7. The van der Waals surface area contributed by atoms with Crippen molar-refractivity contribution in [2.45, 2.75) is 79.6 Å². The number of carboxylic acid groups (broad SMARTS) is 1. The van der Waals surface area contributed by atoms with Crippen LogP contribution >= 0.6 is 0 Å². The number of carbonyl (C=O) groups excluding carboxylic acids is 1. The molecule has 0 aromatic rings. The van der Waals surface area contributed by atoms with Gasteiger partial charge in [-0.25, -0.2) is 4.79 Å². The molecule has 0 radical (unpaired) electrons. The van der Waals surface area contributed by atoms with E-state index in [0.717, 1.165) is 18.3 Å². The lowest BCUT2D eigenvalue weighted by atomic mass is 9.47. The van der Waals surface area contributed by atoms with Crippen molar-refractivity contribution in [3.05, 3.63) is 23.4 Å². The molecule has 4 nitrogen and oxygen atoms in total. The summed E-state index contributed by atoms with van der Waals surface area (Å²) in [4.78, 5) is 24.7. The predicted octanol–water partition coefficient (Wildman–Crippen LogP) is 5.31. The quantitative estimate of drug-likeness (QED) is 0.661. The Morgan fingerprint density at radius 1 is 1.07 bits per heavy atom. The summed E-state index contributed by atoms with van der Waals surface area (Å²) in [5.41, 5.74) is 0.649. The van der Waals surface area contributed by atoms with Crippen LogP contribution < -0.4 is 5.32 Å². The molecule has 0 saturated heterocycles. The van der Waals surface area contributed by atoms with Crippen molar-refractivity contribution in [2.24, 2.45) is 39.9 Å². The van der Waals surface area contributed by atoms with E-state index in [1.54, 1.807) is 0 Å². The normalized spacial score (nSPS) is 41.4. The second kappa shape index (κ2) is 6.72. The standard InChI is InChI=1S/C25H37NO3/c1-23(2,3)22(29)26-20-14-25(5)15(13-17(20)21(27)28)8-9-16-18-7-6-11-24(18,4)12-10-19(16)25/h13-16,18-19H,6-12H2,1-5H3,(H,26,29)(H,27,28)/t15-,16?,18?,19?,24-,25-/m0/s1. The Hall–Kier alpha value is -1.58. The fourth-order valence-electron chi connectivity index (χ4n) is 7.17.